The van der Waals surface area contributed by atoms with E-state index >= 15 is 0 Å². The number of carbonyl (C=O) groups excluding carboxylic acids is 1. The highest BCUT2D eigenvalue weighted by Gasteiger charge is 2.16. The summed E-state index contributed by atoms with van der Waals surface area (Å²) in [5.41, 5.74) is 1.64. The van der Waals surface area contributed by atoms with Crippen molar-refractivity contribution in [2.45, 2.75) is 25.9 Å². The molecule has 1 heterocycles. The fourth-order valence-electron chi connectivity index (χ4n) is 2.76. The van der Waals surface area contributed by atoms with Gasteiger partial charge in [0.15, 0.2) is 0 Å². The molecule has 1 unspecified atom stereocenters. The Bertz CT molecular complexity index is 798. The summed E-state index contributed by atoms with van der Waals surface area (Å²) in [4.78, 5) is 22.7. The number of ether oxygens (including phenoxy) is 2. The highest BCUT2D eigenvalue weighted by molar-refractivity contribution is 6.04. The zero-order chi connectivity index (χ0) is 18.5. The molecule has 1 fully saturated rings. The molecule has 136 valence electrons. The molecule has 2 aromatic carbocycles. The van der Waals surface area contributed by atoms with Gasteiger partial charge in [-0.05, 0) is 55.7 Å². The average molecular weight is 356 g/mol. The van der Waals surface area contributed by atoms with Gasteiger partial charge in [-0.15, -0.1) is 0 Å². The summed E-state index contributed by atoms with van der Waals surface area (Å²) in [7, 11) is 0. The van der Waals surface area contributed by atoms with Gasteiger partial charge in [-0.1, -0.05) is 0 Å². The van der Waals surface area contributed by atoms with Crippen LogP contribution in [0, 0.1) is 17.0 Å². The maximum atomic E-state index is 12.4. The van der Waals surface area contributed by atoms with Crippen molar-refractivity contribution in [2.24, 2.45) is 0 Å². The van der Waals surface area contributed by atoms with Gasteiger partial charge in [0.2, 0.25) is 0 Å². The Morgan fingerprint density at radius 3 is 2.69 bits per heavy atom. The molecule has 1 aliphatic rings. The monoisotopic (exact) mass is 356 g/mol. The Kier molecular flexibility index (Phi) is 5.48. The number of amides is 1. The molecular weight excluding hydrogens is 336 g/mol. The van der Waals surface area contributed by atoms with E-state index in [2.05, 4.69) is 5.32 Å². The number of nitrogens with zero attached hydrogens (tertiary/aromatic N) is 1. The maximum Gasteiger partial charge on any atom is 0.269 e. The minimum absolute atomic E-state index is 0.00626. The van der Waals surface area contributed by atoms with Crippen molar-refractivity contribution in [1.29, 1.82) is 0 Å². The van der Waals surface area contributed by atoms with Crippen LogP contribution in [0.25, 0.3) is 0 Å². The summed E-state index contributed by atoms with van der Waals surface area (Å²) in [6, 6.07) is 11.2. The molecule has 26 heavy (non-hydrogen) atoms. The van der Waals surface area contributed by atoms with E-state index in [1.54, 1.807) is 31.2 Å². The van der Waals surface area contributed by atoms with Crippen LogP contribution in [0.3, 0.4) is 0 Å². The van der Waals surface area contributed by atoms with Crippen molar-refractivity contribution in [1.82, 2.24) is 0 Å². The van der Waals surface area contributed by atoms with E-state index in [0.29, 0.717) is 29.2 Å². The third-order valence-electron chi connectivity index (χ3n) is 4.25. The second-order valence-corrected chi connectivity index (χ2v) is 6.18. The highest BCUT2D eigenvalue weighted by atomic mass is 16.6. The normalized spacial score (nSPS) is 16.3. The number of rotatable bonds is 6. The first-order valence-corrected chi connectivity index (χ1v) is 8.44. The van der Waals surface area contributed by atoms with Gasteiger partial charge in [-0.3, -0.25) is 14.9 Å². The van der Waals surface area contributed by atoms with Crippen molar-refractivity contribution in [3.63, 3.8) is 0 Å². The predicted octanol–water partition coefficient (Wildman–Crippen LogP) is 3.71. The Morgan fingerprint density at radius 1 is 1.31 bits per heavy atom. The zero-order valence-corrected chi connectivity index (χ0v) is 14.4. The molecule has 0 saturated carbocycles. The van der Waals surface area contributed by atoms with Gasteiger partial charge < -0.3 is 14.8 Å². The van der Waals surface area contributed by atoms with Crippen LogP contribution in [0.1, 0.15) is 28.8 Å². The van der Waals surface area contributed by atoms with Crippen LogP contribution < -0.4 is 10.1 Å². The van der Waals surface area contributed by atoms with Crippen LogP contribution in [-0.2, 0) is 4.74 Å². The number of nitro groups is 1. The highest BCUT2D eigenvalue weighted by Crippen LogP contribution is 2.22. The van der Waals surface area contributed by atoms with E-state index in [0.717, 1.165) is 19.4 Å². The van der Waals surface area contributed by atoms with E-state index in [4.69, 9.17) is 9.47 Å². The number of benzene rings is 2. The Hall–Kier alpha value is -2.93. The van der Waals surface area contributed by atoms with Gasteiger partial charge in [-0.25, -0.2) is 0 Å². The van der Waals surface area contributed by atoms with Crippen molar-refractivity contribution in [3.05, 3.63) is 63.7 Å². The standard InChI is InChI=1S/C19H20N2O5/c1-13-11-15(21(23)24)6-9-18(13)20-19(22)14-4-7-16(8-5-14)26-12-17-3-2-10-25-17/h4-9,11,17H,2-3,10,12H2,1H3,(H,20,22). The molecule has 1 N–H and O–H groups in total. The van der Waals surface area contributed by atoms with E-state index in [1.165, 1.54) is 18.2 Å². The number of nitro benzene ring substituents is 1. The summed E-state index contributed by atoms with van der Waals surface area (Å²) < 4.78 is 11.2. The van der Waals surface area contributed by atoms with Crippen LogP contribution >= 0.6 is 0 Å². The molecule has 0 spiro atoms. The molecule has 1 amide bonds. The second-order valence-electron chi connectivity index (χ2n) is 6.18. The predicted molar refractivity (Wildman–Crippen MR) is 96.7 cm³/mol. The number of nitrogens with one attached hydrogen (secondary N) is 1. The molecule has 7 nitrogen and oxygen atoms in total. The lowest BCUT2D eigenvalue weighted by molar-refractivity contribution is -0.384. The van der Waals surface area contributed by atoms with Crippen molar-refractivity contribution in [3.8, 4) is 5.75 Å². The Labute approximate surface area is 151 Å². The Balaban J connectivity index is 1.60. The molecule has 0 aromatic heterocycles. The van der Waals surface area contributed by atoms with Gasteiger partial charge in [-0.2, -0.15) is 0 Å². The first kappa shape index (κ1) is 17.9. The molecule has 3 rings (SSSR count). The van der Waals surface area contributed by atoms with E-state index in [-0.39, 0.29) is 17.7 Å². The second kappa shape index (κ2) is 7.97. The van der Waals surface area contributed by atoms with Crippen molar-refractivity contribution in [2.75, 3.05) is 18.5 Å². The van der Waals surface area contributed by atoms with E-state index < -0.39 is 4.92 Å². The van der Waals surface area contributed by atoms with Gasteiger partial charge in [0.25, 0.3) is 11.6 Å². The number of aryl methyl sites for hydroxylation is 1. The number of hydrogen-bond acceptors (Lipinski definition) is 5. The number of carbonyl (C=O) groups is 1. The van der Waals surface area contributed by atoms with E-state index in [9.17, 15) is 14.9 Å². The topological polar surface area (TPSA) is 90.7 Å². The molecule has 2 aromatic rings. The molecule has 0 radical (unpaired) electrons. The van der Waals surface area contributed by atoms with Gasteiger partial charge in [0.1, 0.15) is 12.4 Å². The minimum atomic E-state index is -0.464. The molecule has 0 bridgehead atoms. The molecule has 1 aliphatic heterocycles. The molecule has 0 aliphatic carbocycles. The third kappa shape index (κ3) is 4.37. The summed E-state index contributed by atoms with van der Waals surface area (Å²) in [5, 5.41) is 13.5. The maximum absolute atomic E-state index is 12.4. The van der Waals surface area contributed by atoms with Gasteiger partial charge in [0, 0.05) is 30.0 Å². The van der Waals surface area contributed by atoms with Gasteiger partial charge >= 0.3 is 0 Å². The quantitative estimate of drug-likeness (QED) is 0.629. The Morgan fingerprint density at radius 2 is 2.08 bits per heavy atom. The smallest absolute Gasteiger partial charge is 0.269 e. The summed E-state index contributed by atoms with van der Waals surface area (Å²) >= 11 is 0. The van der Waals surface area contributed by atoms with Crippen LogP contribution in [-0.4, -0.2) is 30.1 Å². The molecule has 1 saturated heterocycles. The van der Waals surface area contributed by atoms with Crippen LogP contribution in [0.4, 0.5) is 11.4 Å². The average Bonchev–Trinajstić information content (AvgIpc) is 3.15. The minimum Gasteiger partial charge on any atom is -0.491 e. The van der Waals surface area contributed by atoms with Crippen LogP contribution in [0.15, 0.2) is 42.5 Å². The first-order valence-electron chi connectivity index (χ1n) is 8.44. The van der Waals surface area contributed by atoms with Crippen LogP contribution in [0.5, 0.6) is 5.75 Å². The summed E-state index contributed by atoms with van der Waals surface area (Å²) in [6.07, 6.45) is 2.22. The summed E-state index contributed by atoms with van der Waals surface area (Å²) in [5.74, 6) is 0.399. The molecule has 1 atom stereocenters. The third-order valence-corrected chi connectivity index (χ3v) is 4.25. The lowest BCUT2D eigenvalue weighted by atomic mass is 10.1. The first-order chi connectivity index (χ1) is 12.5. The fraction of sp³-hybridized carbons (Fsp3) is 0.316. The fourth-order valence-corrected chi connectivity index (χ4v) is 2.76. The number of non-ortho nitro benzene ring substituents is 1. The molecular formula is C19H20N2O5. The van der Waals surface area contributed by atoms with Crippen molar-refractivity contribution < 1.29 is 19.2 Å². The van der Waals surface area contributed by atoms with Crippen LogP contribution in [0.2, 0.25) is 0 Å². The SMILES string of the molecule is Cc1cc([N+](=O)[O-])ccc1NC(=O)c1ccc(OCC2CCCO2)cc1. The largest absolute Gasteiger partial charge is 0.491 e. The molecule has 7 heteroatoms. The lowest BCUT2D eigenvalue weighted by Gasteiger charge is -2.12. The zero-order valence-electron chi connectivity index (χ0n) is 14.4. The van der Waals surface area contributed by atoms with Gasteiger partial charge in [0.05, 0.1) is 11.0 Å². The number of anilines is 1. The lowest BCUT2D eigenvalue weighted by Crippen LogP contribution is -2.16. The summed E-state index contributed by atoms with van der Waals surface area (Å²) in [6.45, 7) is 3.01. The van der Waals surface area contributed by atoms with Crippen molar-refractivity contribution >= 4 is 17.3 Å². The van der Waals surface area contributed by atoms with E-state index in [1.807, 2.05) is 0 Å². The number of hydrogen-bond donors (Lipinski definition) is 1.